The normalized spacial score (nSPS) is 18.1. The van der Waals surface area contributed by atoms with Gasteiger partial charge in [0, 0.05) is 50.3 Å². The van der Waals surface area contributed by atoms with Crippen LogP contribution in [0.2, 0.25) is 0 Å². The van der Waals surface area contributed by atoms with Crippen LogP contribution in [0.25, 0.3) is 0 Å². The summed E-state index contributed by atoms with van der Waals surface area (Å²) in [7, 11) is 0. The lowest BCUT2D eigenvalue weighted by atomic mass is 9.94. The molecule has 0 bridgehead atoms. The predicted molar refractivity (Wildman–Crippen MR) is 132 cm³/mol. The van der Waals surface area contributed by atoms with Gasteiger partial charge in [-0.15, -0.1) is 0 Å². The fraction of sp³-hybridized carbons (Fsp3) is 0.357. The van der Waals surface area contributed by atoms with Gasteiger partial charge in [0.05, 0.1) is 11.9 Å². The Morgan fingerprint density at radius 3 is 2.80 bits per heavy atom. The molecule has 2 saturated heterocycles. The van der Waals surface area contributed by atoms with Crippen molar-refractivity contribution in [3.05, 3.63) is 83.3 Å². The van der Waals surface area contributed by atoms with Gasteiger partial charge in [-0.05, 0) is 55.5 Å². The summed E-state index contributed by atoms with van der Waals surface area (Å²) in [6.07, 6.45) is 6.78. The molecule has 7 nitrogen and oxygen atoms in total. The number of aromatic nitrogens is 2. The van der Waals surface area contributed by atoms with Crippen LogP contribution >= 0.6 is 0 Å². The van der Waals surface area contributed by atoms with Gasteiger partial charge in [0.25, 0.3) is 5.91 Å². The molecule has 35 heavy (non-hydrogen) atoms. The molecule has 2 aliphatic rings. The number of piperidine rings is 1. The van der Waals surface area contributed by atoms with Crippen molar-refractivity contribution >= 4 is 11.8 Å². The Balaban J connectivity index is 1.27. The first kappa shape index (κ1) is 23.0. The van der Waals surface area contributed by atoms with Crippen molar-refractivity contribution in [3.8, 4) is 11.6 Å². The topological polar surface area (TPSA) is 75.6 Å². The minimum absolute atomic E-state index is 0.0181. The van der Waals surface area contributed by atoms with Crippen LogP contribution in [0.1, 0.15) is 58.8 Å². The molecule has 1 aromatic heterocycles. The van der Waals surface area contributed by atoms with Gasteiger partial charge < -0.3 is 14.5 Å². The van der Waals surface area contributed by atoms with Gasteiger partial charge in [-0.3, -0.25) is 14.6 Å². The highest BCUT2D eigenvalue weighted by molar-refractivity contribution is 5.94. The molecular weight excluding hydrogens is 440 g/mol. The summed E-state index contributed by atoms with van der Waals surface area (Å²) in [6.45, 7) is 4.66. The van der Waals surface area contributed by atoms with Crippen LogP contribution in [0.15, 0.2) is 60.9 Å². The second-order valence-corrected chi connectivity index (χ2v) is 9.36. The zero-order valence-electron chi connectivity index (χ0n) is 20.0. The zero-order chi connectivity index (χ0) is 24.2. The van der Waals surface area contributed by atoms with Gasteiger partial charge >= 0.3 is 0 Å². The molecule has 2 aromatic carbocycles. The number of hydrogen-bond donors (Lipinski definition) is 0. The summed E-state index contributed by atoms with van der Waals surface area (Å²) in [5, 5.41) is 0. The molecule has 3 heterocycles. The van der Waals surface area contributed by atoms with Crippen LogP contribution in [0.4, 0.5) is 0 Å². The van der Waals surface area contributed by atoms with E-state index >= 15 is 0 Å². The summed E-state index contributed by atoms with van der Waals surface area (Å²) >= 11 is 0. The van der Waals surface area contributed by atoms with E-state index in [9.17, 15) is 9.59 Å². The number of hydrogen-bond acceptors (Lipinski definition) is 5. The first-order valence-electron chi connectivity index (χ1n) is 12.3. The Morgan fingerprint density at radius 1 is 1.09 bits per heavy atom. The molecule has 0 unspecified atom stereocenters. The largest absolute Gasteiger partial charge is 0.437 e. The molecule has 0 N–H and O–H groups in total. The number of amides is 2. The van der Waals surface area contributed by atoms with Gasteiger partial charge in [-0.25, -0.2) is 4.98 Å². The van der Waals surface area contributed by atoms with Crippen LogP contribution in [0.3, 0.4) is 0 Å². The van der Waals surface area contributed by atoms with Gasteiger partial charge in [-0.1, -0.05) is 30.3 Å². The average molecular weight is 471 g/mol. The third kappa shape index (κ3) is 5.34. The van der Waals surface area contributed by atoms with E-state index in [1.807, 2.05) is 65.3 Å². The molecule has 180 valence electrons. The molecule has 0 saturated carbocycles. The van der Waals surface area contributed by atoms with Crippen molar-refractivity contribution in [2.45, 2.75) is 45.1 Å². The van der Waals surface area contributed by atoms with Gasteiger partial charge in [0.2, 0.25) is 11.8 Å². The minimum Gasteiger partial charge on any atom is -0.437 e. The Hall–Kier alpha value is -3.74. The minimum atomic E-state index is 0.0181. The van der Waals surface area contributed by atoms with Gasteiger partial charge in [0.1, 0.15) is 5.75 Å². The van der Waals surface area contributed by atoms with Crippen molar-refractivity contribution in [3.63, 3.8) is 0 Å². The first-order chi connectivity index (χ1) is 17.1. The number of carbonyl (C=O) groups is 2. The van der Waals surface area contributed by atoms with E-state index in [0.717, 1.165) is 54.9 Å². The fourth-order valence-corrected chi connectivity index (χ4v) is 4.87. The van der Waals surface area contributed by atoms with E-state index < -0.39 is 0 Å². The fourth-order valence-electron chi connectivity index (χ4n) is 4.87. The summed E-state index contributed by atoms with van der Waals surface area (Å²) in [4.78, 5) is 38.2. The maximum Gasteiger partial charge on any atom is 0.253 e. The lowest BCUT2D eigenvalue weighted by molar-refractivity contribution is -0.128. The Kier molecular flexibility index (Phi) is 6.75. The van der Waals surface area contributed by atoms with E-state index in [1.165, 1.54) is 0 Å². The predicted octanol–water partition coefficient (Wildman–Crippen LogP) is 4.72. The molecule has 5 rings (SSSR count). The molecule has 0 spiro atoms. The third-order valence-corrected chi connectivity index (χ3v) is 6.78. The van der Waals surface area contributed by atoms with Crippen LogP contribution < -0.4 is 4.74 Å². The summed E-state index contributed by atoms with van der Waals surface area (Å²) in [6, 6.07) is 15.5. The number of para-hydroxylation sites is 1. The number of aryl methyl sites for hydroxylation is 1. The van der Waals surface area contributed by atoms with Crippen LogP contribution in [0.5, 0.6) is 11.6 Å². The maximum absolute atomic E-state index is 13.4. The van der Waals surface area contributed by atoms with Crippen molar-refractivity contribution in [2.75, 3.05) is 19.6 Å². The lowest BCUT2D eigenvalue weighted by Gasteiger charge is -2.32. The quantitative estimate of drug-likeness (QED) is 0.521. The Labute approximate surface area is 205 Å². The molecule has 7 heteroatoms. The smallest absolute Gasteiger partial charge is 0.253 e. The standard InChI is InChI=1S/C28H30N4O3/c1-20-7-2-3-11-25(20)35-26-17-29-16-24(30-26)23-10-5-14-32(19-23)28(34)22-9-4-8-21(15-22)18-31-13-6-12-27(31)33/h2-4,7-9,11,15-17,23H,5-6,10,12-14,18-19H2,1H3/t23-/m0/s1. The number of nitrogens with zero attached hydrogens (tertiary/aromatic N) is 4. The molecular formula is C28H30N4O3. The van der Waals surface area contributed by atoms with E-state index in [-0.39, 0.29) is 17.7 Å². The Morgan fingerprint density at radius 2 is 1.97 bits per heavy atom. The van der Waals surface area contributed by atoms with Crippen LogP contribution in [-0.4, -0.2) is 51.2 Å². The SMILES string of the molecule is Cc1ccccc1Oc1cncc([C@H]2CCCN(C(=O)c3cccc(CN4CCCC4=O)c3)C2)n1. The summed E-state index contributed by atoms with van der Waals surface area (Å²) < 4.78 is 5.98. The molecule has 0 aliphatic carbocycles. The summed E-state index contributed by atoms with van der Waals surface area (Å²) in [5.41, 5.74) is 3.53. The molecule has 2 fully saturated rings. The molecule has 1 atom stereocenters. The highest BCUT2D eigenvalue weighted by Gasteiger charge is 2.27. The van der Waals surface area contributed by atoms with Gasteiger partial charge in [-0.2, -0.15) is 0 Å². The first-order valence-corrected chi connectivity index (χ1v) is 12.3. The number of ether oxygens (including phenoxy) is 1. The lowest BCUT2D eigenvalue weighted by Crippen LogP contribution is -2.39. The average Bonchev–Trinajstić information content (AvgIpc) is 3.29. The van der Waals surface area contributed by atoms with Gasteiger partial charge in [0.15, 0.2) is 0 Å². The van der Waals surface area contributed by atoms with E-state index in [0.29, 0.717) is 31.0 Å². The van der Waals surface area contributed by atoms with Crippen molar-refractivity contribution in [2.24, 2.45) is 0 Å². The van der Waals surface area contributed by atoms with Crippen molar-refractivity contribution in [1.82, 2.24) is 19.8 Å². The second-order valence-electron chi connectivity index (χ2n) is 9.36. The molecule has 3 aromatic rings. The van der Waals surface area contributed by atoms with Crippen LogP contribution in [0, 0.1) is 6.92 Å². The molecule has 2 amide bonds. The van der Waals surface area contributed by atoms with Crippen molar-refractivity contribution in [1.29, 1.82) is 0 Å². The number of carbonyl (C=O) groups excluding carboxylic acids is 2. The molecule has 2 aliphatic heterocycles. The number of likely N-dealkylation sites (tertiary alicyclic amines) is 2. The second kappa shape index (κ2) is 10.3. The van der Waals surface area contributed by atoms with Crippen LogP contribution in [-0.2, 0) is 11.3 Å². The highest BCUT2D eigenvalue weighted by Crippen LogP contribution is 2.29. The van der Waals surface area contributed by atoms with E-state index in [4.69, 9.17) is 9.72 Å². The van der Waals surface area contributed by atoms with E-state index in [2.05, 4.69) is 4.98 Å². The van der Waals surface area contributed by atoms with Crippen molar-refractivity contribution < 1.29 is 14.3 Å². The highest BCUT2D eigenvalue weighted by atomic mass is 16.5. The molecule has 0 radical (unpaired) electrons. The van der Waals surface area contributed by atoms with E-state index in [1.54, 1.807) is 12.4 Å². The maximum atomic E-state index is 13.4. The zero-order valence-corrected chi connectivity index (χ0v) is 20.0. The summed E-state index contributed by atoms with van der Waals surface area (Å²) in [5.74, 6) is 1.53. The number of benzene rings is 2. The monoisotopic (exact) mass is 470 g/mol. The third-order valence-electron chi connectivity index (χ3n) is 6.78. The number of rotatable bonds is 6. The Bertz CT molecular complexity index is 1230.